The molecule has 3 aromatic rings. The second-order valence-corrected chi connectivity index (χ2v) is 7.20. The highest BCUT2D eigenvalue weighted by Crippen LogP contribution is 2.33. The van der Waals surface area contributed by atoms with Gasteiger partial charge in [0.2, 0.25) is 0 Å². The number of H-pyrrole nitrogens is 1. The third kappa shape index (κ3) is 3.73. The fraction of sp³-hybridized carbons (Fsp3) is 0.333. The molecule has 0 unspecified atom stereocenters. The van der Waals surface area contributed by atoms with Gasteiger partial charge < -0.3 is 4.74 Å². The van der Waals surface area contributed by atoms with Crippen LogP contribution < -0.4 is 4.74 Å². The fourth-order valence-corrected chi connectivity index (χ4v) is 3.95. The van der Waals surface area contributed by atoms with Crippen LogP contribution in [-0.4, -0.2) is 14.8 Å². The number of para-hydroxylation sites is 1. The first-order valence-corrected chi connectivity index (χ1v) is 9.66. The smallest absolute Gasteiger partial charge is 0.199 e. The Labute approximate surface area is 158 Å². The van der Waals surface area contributed by atoms with Crippen molar-refractivity contribution in [2.24, 2.45) is 0 Å². The number of hydrogen-bond donors (Lipinski definition) is 1. The van der Waals surface area contributed by atoms with Crippen LogP contribution >= 0.6 is 12.2 Å². The average Bonchev–Trinajstić information content (AvgIpc) is 3.08. The van der Waals surface area contributed by atoms with E-state index in [-0.39, 0.29) is 0 Å². The van der Waals surface area contributed by atoms with Gasteiger partial charge in [-0.15, -0.1) is 0 Å². The number of nitrogens with one attached hydrogen (secondary N) is 1. The average molecular weight is 366 g/mol. The molecule has 1 N–H and O–H groups in total. The highest BCUT2D eigenvalue weighted by Gasteiger charge is 2.15. The molecule has 1 aromatic heterocycles. The van der Waals surface area contributed by atoms with E-state index in [1.807, 2.05) is 34.9 Å². The van der Waals surface area contributed by atoms with Crippen LogP contribution in [0.5, 0.6) is 5.75 Å². The van der Waals surface area contributed by atoms with Crippen molar-refractivity contribution in [1.82, 2.24) is 14.8 Å². The summed E-state index contributed by atoms with van der Waals surface area (Å²) >= 11 is 5.36. The minimum Gasteiger partial charge on any atom is -0.486 e. The normalized spacial score (nSPS) is 15.1. The second-order valence-electron chi connectivity index (χ2n) is 6.81. The van der Waals surface area contributed by atoms with Gasteiger partial charge in [0.05, 0.1) is 0 Å². The lowest BCUT2D eigenvalue weighted by Crippen LogP contribution is -2.06. The van der Waals surface area contributed by atoms with Crippen molar-refractivity contribution in [3.63, 3.8) is 0 Å². The van der Waals surface area contributed by atoms with E-state index in [1.165, 1.54) is 37.7 Å². The lowest BCUT2D eigenvalue weighted by Gasteiger charge is -2.22. The van der Waals surface area contributed by atoms with Gasteiger partial charge in [0, 0.05) is 5.69 Å². The predicted octanol–water partition coefficient (Wildman–Crippen LogP) is 5.56. The van der Waals surface area contributed by atoms with Gasteiger partial charge in [-0.2, -0.15) is 5.10 Å². The highest BCUT2D eigenvalue weighted by molar-refractivity contribution is 7.71. The molecule has 1 aliphatic rings. The molecule has 2 aromatic carbocycles. The molecule has 1 heterocycles. The summed E-state index contributed by atoms with van der Waals surface area (Å²) in [5, 5.41) is 7.18. The monoisotopic (exact) mass is 365 g/mol. The topological polar surface area (TPSA) is 42.8 Å². The molecule has 0 bridgehead atoms. The van der Waals surface area contributed by atoms with Crippen LogP contribution in [0, 0.1) is 4.77 Å². The molecule has 0 spiro atoms. The standard InChI is InChI=1S/C21H23N3OS/c26-21-23-22-20(24(21)18-9-5-2-6-10-18)15-25-19-13-11-17(12-14-19)16-7-3-1-4-8-16/h2,5-6,9-14,16H,1,3-4,7-8,15H2,(H,23,26). The van der Waals surface area contributed by atoms with E-state index < -0.39 is 0 Å². The van der Waals surface area contributed by atoms with Gasteiger partial charge in [0.15, 0.2) is 10.6 Å². The van der Waals surface area contributed by atoms with Gasteiger partial charge in [0.25, 0.3) is 0 Å². The van der Waals surface area contributed by atoms with Crippen LogP contribution in [-0.2, 0) is 6.61 Å². The Kier molecular flexibility index (Phi) is 5.16. The second kappa shape index (κ2) is 7.87. The number of nitrogens with zero attached hydrogens (tertiary/aromatic N) is 2. The first-order valence-electron chi connectivity index (χ1n) is 9.26. The summed E-state index contributed by atoms with van der Waals surface area (Å²) in [4.78, 5) is 0. The molecule has 1 saturated carbocycles. The lowest BCUT2D eigenvalue weighted by atomic mass is 9.84. The van der Waals surface area contributed by atoms with Gasteiger partial charge in [-0.1, -0.05) is 49.6 Å². The van der Waals surface area contributed by atoms with Gasteiger partial charge in [-0.05, 0) is 60.8 Å². The van der Waals surface area contributed by atoms with Gasteiger partial charge in [0.1, 0.15) is 12.4 Å². The molecule has 134 valence electrons. The summed E-state index contributed by atoms with van der Waals surface area (Å²) in [5.41, 5.74) is 2.42. The Hall–Kier alpha value is -2.40. The quantitative estimate of drug-likeness (QED) is 0.602. The summed E-state index contributed by atoms with van der Waals surface area (Å²) in [6.07, 6.45) is 6.71. The molecule has 5 heteroatoms. The largest absolute Gasteiger partial charge is 0.486 e. The summed E-state index contributed by atoms with van der Waals surface area (Å²) < 4.78 is 8.44. The van der Waals surface area contributed by atoms with Crippen molar-refractivity contribution < 1.29 is 4.74 Å². The molecule has 4 nitrogen and oxygen atoms in total. The Morgan fingerprint density at radius 3 is 2.46 bits per heavy atom. The SMILES string of the molecule is S=c1[nH]nc(COc2ccc(C3CCCCC3)cc2)n1-c1ccccc1. The van der Waals surface area contributed by atoms with Crippen molar-refractivity contribution >= 4 is 12.2 Å². The predicted molar refractivity (Wildman–Crippen MR) is 105 cm³/mol. The maximum absolute atomic E-state index is 5.96. The van der Waals surface area contributed by atoms with Crippen LogP contribution in [0.25, 0.3) is 5.69 Å². The molecule has 4 rings (SSSR count). The van der Waals surface area contributed by atoms with Gasteiger partial charge in [-0.25, -0.2) is 0 Å². The molecule has 0 aliphatic heterocycles. The summed E-state index contributed by atoms with van der Waals surface area (Å²) in [7, 11) is 0. The van der Waals surface area contributed by atoms with Crippen LogP contribution in [0.1, 0.15) is 49.4 Å². The number of ether oxygens (including phenoxy) is 1. The number of benzene rings is 2. The van der Waals surface area contributed by atoms with Crippen molar-refractivity contribution in [3.05, 3.63) is 70.8 Å². The fourth-order valence-electron chi connectivity index (χ4n) is 3.69. The van der Waals surface area contributed by atoms with Crippen molar-refractivity contribution in [2.75, 3.05) is 0 Å². The molecular formula is C21H23N3OS. The zero-order chi connectivity index (χ0) is 17.8. The van der Waals surface area contributed by atoms with E-state index in [0.717, 1.165) is 17.3 Å². The van der Waals surface area contributed by atoms with Crippen LogP contribution in [0.3, 0.4) is 0 Å². The first-order chi connectivity index (χ1) is 12.8. The lowest BCUT2D eigenvalue weighted by molar-refractivity contribution is 0.293. The number of aromatic amines is 1. The van der Waals surface area contributed by atoms with Crippen molar-refractivity contribution in [3.8, 4) is 11.4 Å². The van der Waals surface area contributed by atoms with E-state index in [2.05, 4.69) is 34.5 Å². The molecule has 0 saturated heterocycles. The zero-order valence-corrected chi connectivity index (χ0v) is 15.5. The molecule has 0 atom stereocenters. The molecule has 26 heavy (non-hydrogen) atoms. The van der Waals surface area contributed by atoms with E-state index in [1.54, 1.807) is 0 Å². The number of rotatable bonds is 5. The van der Waals surface area contributed by atoms with Gasteiger partial charge >= 0.3 is 0 Å². The van der Waals surface area contributed by atoms with E-state index in [4.69, 9.17) is 17.0 Å². The summed E-state index contributed by atoms with van der Waals surface area (Å²) in [6, 6.07) is 18.5. The maximum atomic E-state index is 5.96. The Morgan fingerprint density at radius 1 is 1.00 bits per heavy atom. The third-order valence-corrected chi connectivity index (χ3v) is 5.35. The Balaban J connectivity index is 1.46. The molecule has 0 radical (unpaired) electrons. The minimum absolute atomic E-state index is 0.366. The van der Waals surface area contributed by atoms with Crippen molar-refractivity contribution in [1.29, 1.82) is 0 Å². The van der Waals surface area contributed by atoms with Crippen molar-refractivity contribution in [2.45, 2.75) is 44.6 Å². The van der Waals surface area contributed by atoms with Gasteiger partial charge in [-0.3, -0.25) is 9.67 Å². The van der Waals surface area contributed by atoms with Crippen LogP contribution in [0.2, 0.25) is 0 Å². The number of aromatic nitrogens is 3. The van der Waals surface area contributed by atoms with E-state index in [0.29, 0.717) is 17.3 Å². The maximum Gasteiger partial charge on any atom is 0.199 e. The van der Waals surface area contributed by atoms with Crippen LogP contribution in [0.15, 0.2) is 54.6 Å². The molecule has 1 aliphatic carbocycles. The van der Waals surface area contributed by atoms with E-state index in [9.17, 15) is 0 Å². The highest BCUT2D eigenvalue weighted by atomic mass is 32.1. The zero-order valence-electron chi connectivity index (χ0n) is 14.7. The third-order valence-electron chi connectivity index (χ3n) is 5.08. The Morgan fingerprint density at radius 2 is 1.73 bits per heavy atom. The Bertz CT molecular complexity index is 893. The number of hydrogen-bond acceptors (Lipinski definition) is 3. The summed E-state index contributed by atoms with van der Waals surface area (Å²) in [6.45, 7) is 0.366. The van der Waals surface area contributed by atoms with Crippen LogP contribution in [0.4, 0.5) is 0 Å². The minimum atomic E-state index is 0.366. The van der Waals surface area contributed by atoms with E-state index >= 15 is 0 Å². The summed E-state index contributed by atoms with van der Waals surface area (Å²) in [5.74, 6) is 2.34. The first kappa shape index (κ1) is 17.0. The molecule has 0 amide bonds. The molecular weight excluding hydrogens is 342 g/mol. The molecule has 1 fully saturated rings.